The van der Waals surface area contributed by atoms with Gasteiger partial charge in [0, 0.05) is 6.04 Å². The predicted molar refractivity (Wildman–Crippen MR) is 52.9 cm³/mol. The van der Waals surface area contributed by atoms with Crippen LogP contribution in [0.25, 0.3) is 0 Å². The van der Waals surface area contributed by atoms with E-state index in [9.17, 15) is 0 Å². The highest BCUT2D eigenvalue weighted by Crippen LogP contribution is 2.13. The first-order valence-corrected chi connectivity index (χ1v) is 5.10. The molecular weight excluding hydrogens is 166 g/mol. The molecule has 0 aromatic rings. The van der Waals surface area contributed by atoms with Crippen molar-refractivity contribution >= 4 is 0 Å². The molecule has 1 aliphatic heterocycles. The van der Waals surface area contributed by atoms with Gasteiger partial charge in [0.1, 0.15) is 0 Å². The van der Waals surface area contributed by atoms with Crippen molar-refractivity contribution in [1.82, 2.24) is 5.32 Å². The van der Waals surface area contributed by atoms with Crippen LogP contribution in [0.5, 0.6) is 0 Å². The van der Waals surface area contributed by atoms with Gasteiger partial charge < -0.3 is 14.8 Å². The fourth-order valence-electron chi connectivity index (χ4n) is 1.70. The normalized spacial score (nSPS) is 26.3. The Balaban J connectivity index is 2.34. The lowest BCUT2D eigenvalue weighted by molar-refractivity contribution is -0.103. The maximum Gasteiger partial charge on any atom is 0.0962 e. The minimum Gasteiger partial charge on any atom is -0.376 e. The Morgan fingerprint density at radius 1 is 1.38 bits per heavy atom. The van der Waals surface area contributed by atoms with Gasteiger partial charge in [-0.1, -0.05) is 13.8 Å². The molecule has 1 saturated heterocycles. The molecule has 2 atom stereocenters. The molecule has 1 N–H and O–H groups in total. The predicted octanol–water partition coefficient (Wildman–Crippen LogP) is 1.04. The Kier molecular flexibility index (Phi) is 4.70. The smallest absolute Gasteiger partial charge is 0.0962 e. The third kappa shape index (κ3) is 3.63. The summed E-state index contributed by atoms with van der Waals surface area (Å²) in [6.45, 7) is 6.68. The lowest BCUT2D eigenvalue weighted by atomic mass is 9.99. The first kappa shape index (κ1) is 11.0. The zero-order valence-electron chi connectivity index (χ0n) is 8.88. The van der Waals surface area contributed by atoms with Gasteiger partial charge in [-0.3, -0.25) is 0 Å². The molecule has 3 nitrogen and oxygen atoms in total. The van der Waals surface area contributed by atoms with E-state index < -0.39 is 0 Å². The van der Waals surface area contributed by atoms with Crippen LogP contribution in [0.4, 0.5) is 0 Å². The monoisotopic (exact) mass is 187 g/mol. The SMILES string of the molecule is CNC(CC(C)C)C1COCCO1. The molecule has 1 fully saturated rings. The van der Waals surface area contributed by atoms with Crippen LogP contribution in [0.1, 0.15) is 20.3 Å². The molecule has 1 aliphatic rings. The number of hydrogen-bond donors (Lipinski definition) is 1. The lowest BCUT2D eigenvalue weighted by Crippen LogP contribution is -2.45. The summed E-state index contributed by atoms with van der Waals surface area (Å²) in [5.41, 5.74) is 0. The van der Waals surface area contributed by atoms with E-state index in [1.54, 1.807) is 0 Å². The average Bonchev–Trinajstić information content (AvgIpc) is 2.15. The van der Waals surface area contributed by atoms with Crippen LogP contribution in [-0.4, -0.2) is 39.0 Å². The highest BCUT2D eigenvalue weighted by atomic mass is 16.6. The Morgan fingerprint density at radius 3 is 2.62 bits per heavy atom. The number of nitrogens with one attached hydrogen (secondary N) is 1. The minimum absolute atomic E-state index is 0.237. The first-order valence-electron chi connectivity index (χ1n) is 5.10. The maximum atomic E-state index is 5.64. The van der Waals surface area contributed by atoms with Gasteiger partial charge in [-0.25, -0.2) is 0 Å². The molecule has 1 heterocycles. The summed E-state index contributed by atoms with van der Waals surface area (Å²) in [6, 6.07) is 0.431. The maximum absolute atomic E-state index is 5.64. The van der Waals surface area contributed by atoms with Gasteiger partial charge in [-0.15, -0.1) is 0 Å². The second kappa shape index (κ2) is 5.58. The third-order valence-electron chi connectivity index (χ3n) is 2.39. The van der Waals surface area contributed by atoms with E-state index in [4.69, 9.17) is 9.47 Å². The Labute approximate surface area is 80.8 Å². The summed E-state index contributed by atoms with van der Waals surface area (Å²) in [5.74, 6) is 0.697. The highest BCUT2D eigenvalue weighted by molar-refractivity contribution is 4.78. The van der Waals surface area contributed by atoms with Crippen molar-refractivity contribution in [3.8, 4) is 0 Å². The van der Waals surface area contributed by atoms with Crippen LogP contribution in [-0.2, 0) is 9.47 Å². The average molecular weight is 187 g/mol. The van der Waals surface area contributed by atoms with E-state index in [1.807, 2.05) is 7.05 Å². The van der Waals surface area contributed by atoms with Gasteiger partial charge in [0.25, 0.3) is 0 Å². The van der Waals surface area contributed by atoms with Crippen LogP contribution in [0, 0.1) is 5.92 Å². The van der Waals surface area contributed by atoms with Crippen molar-refractivity contribution in [2.45, 2.75) is 32.4 Å². The van der Waals surface area contributed by atoms with E-state index >= 15 is 0 Å². The molecule has 0 spiro atoms. The third-order valence-corrected chi connectivity index (χ3v) is 2.39. The number of likely N-dealkylation sites (N-methyl/N-ethyl adjacent to an activating group) is 1. The van der Waals surface area contributed by atoms with E-state index in [-0.39, 0.29) is 6.10 Å². The summed E-state index contributed by atoms with van der Waals surface area (Å²) in [6.07, 6.45) is 1.38. The Bertz CT molecular complexity index is 133. The topological polar surface area (TPSA) is 30.5 Å². The number of rotatable bonds is 4. The fraction of sp³-hybridized carbons (Fsp3) is 1.00. The summed E-state index contributed by atoms with van der Waals surface area (Å²) >= 11 is 0. The van der Waals surface area contributed by atoms with Crippen molar-refractivity contribution < 1.29 is 9.47 Å². The quantitative estimate of drug-likeness (QED) is 0.713. The molecule has 0 radical (unpaired) electrons. The summed E-state index contributed by atoms with van der Waals surface area (Å²) in [5, 5.41) is 3.30. The number of ether oxygens (including phenoxy) is 2. The van der Waals surface area contributed by atoms with Crippen LogP contribution >= 0.6 is 0 Å². The zero-order valence-corrected chi connectivity index (χ0v) is 8.88. The van der Waals surface area contributed by atoms with Gasteiger partial charge in [0.15, 0.2) is 0 Å². The minimum atomic E-state index is 0.237. The summed E-state index contributed by atoms with van der Waals surface area (Å²) in [7, 11) is 1.99. The van der Waals surface area contributed by atoms with Crippen LogP contribution in [0.15, 0.2) is 0 Å². The molecular formula is C10H21NO2. The molecule has 13 heavy (non-hydrogen) atoms. The van der Waals surface area contributed by atoms with Crippen molar-refractivity contribution in [2.75, 3.05) is 26.9 Å². The fourth-order valence-corrected chi connectivity index (χ4v) is 1.70. The van der Waals surface area contributed by atoms with Gasteiger partial charge in [-0.05, 0) is 19.4 Å². The summed E-state index contributed by atoms with van der Waals surface area (Å²) < 4.78 is 11.0. The molecule has 0 aromatic heterocycles. The van der Waals surface area contributed by atoms with Crippen molar-refractivity contribution in [3.05, 3.63) is 0 Å². The first-order chi connectivity index (χ1) is 6.24. The van der Waals surface area contributed by atoms with Gasteiger partial charge in [0.05, 0.1) is 25.9 Å². The molecule has 2 unspecified atom stereocenters. The van der Waals surface area contributed by atoms with Gasteiger partial charge >= 0.3 is 0 Å². The largest absolute Gasteiger partial charge is 0.376 e. The van der Waals surface area contributed by atoms with Crippen LogP contribution < -0.4 is 5.32 Å². The van der Waals surface area contributed by atoms with E-state index in [0.29, 0.717) is 12.0 Å². The second-order valence-corrected chi connectivity index (χ2v) is 4.01. The van der Waals surface area contributed by atoms with Crippen molar-refractivity contribution in [3.63, 3.8) is 0 Å². The van der Waals surface area contributed by atoms with E-state index in [0.717, 1.165) is 26.2 Å². The molecule has 0 aliphatic carbocycles. The van der Waals surface area contributed by atoms with E-state index in [1.165, 1.54) is 0 Å². The standard InChI is InChI=1S/C10H21NO2/c1-8(2)6-9(11-3)10-7-12-4-5-13-10/h8-11H,4-7H2,1-3H3. The van der Waals surface area contributed by atoms with Gasteiger partial charge in [0.2, 0.25) is 0 Å². The molecule has 1 rings (SSSR count). The molecule has 3 heteroatoms. The molecule has 78 valence electrons. The Hall–Kier alpha value is -0.120. The molecule has 0 bridgehead atoms. The molecule has 0 aromatic carbocycles. The zero-order chi connectivity index (χ0) is 9.68. The van der Waals surface area contributed by atoms with E-state index in [2.05, 4.69) is 19.2 Å². The van der Waals surface area contributed by atoms with Crippen molar-refractivity contribution in [2.24, 2.45) is 5.92 Å². The second-order valence-electron chi connectivity index (χ2n) is 4.01. The molecule has 0 amide bonds. The summed E-state index contributed by atoms with van der Waals surface area (Å²) in [4.78, 5) is 0. The molecule has 0 saturated carbocycles. The van der Waals surface area contributed by atoms with Crippen molar-refractivity contribution in [1.29, 1.82) is 0 Å². The highest BCUT2D eigenvalue weighted by Gasteiger charge is 2.24. The van der Waals surface area contributed by atoms with Gasteiger partial charge in [-0.2, -0.15) is 0 Å². The lowest BCUT2D eigenvalue weighted by Gasteiger charge is -2.31. The van der Waals surface area contributed by atoms with Crippen LogP contribution in [0.3, 0.4) is 0 Å². The Morgan fingerprint density at radius 2 is 2.15 bits per heavy atom. The van der Waals surface area contributed by atoms with Crippen LogP contribution in [0.2, 0.25) is 0 Å². The number of hydrogen-bond acceptors (Lipinski definition) is 3.